The molecule has 25 heavy (non-hydrogen) atoms. The fourth-order valence-corrected chi connectivity index (χ4v) is 2.25. The second-order valence-corrected chi connectivity index (χ2v) is 5.88. The van der Waals surface area contributed by atoms with E-state index in [1.165, 1.54) is 13.0 Å². The highest BCUT2D eigenvalue weighted by molar-refractivity contribution is 6.31. The summed E-state index contributed by atoms with van der Waals surface area (Å²) in [7, 11) is 0. The number of hydrogen-bond donors (Lipinski definition) is 3. The zero-order valence-corrected chi connectivity index (χ0v) is 14.3. The number of anilines is 1. The van der Waals surface area contributed by atoms with Gasteiger partial charge in [0, 0.05) is 16.1 Å². The zero-order chi connectivity index (χ0) is 18.4. The van der Waals surface area contributed by atoms with Crippen molar-refractivity contribution in [1.82, 2.24) is 5.32 Å². The van der Waals surface area contributed by atoms with E-state index < -0.39 is 17.9 Å². The van der Waals surface area contributed by atoms with E-state index >= 15 is 0 Å². The lowest BCUT2D eigenvalue weighted by atomic mass is 10.0. The van der Waals surface area contributed by atoms with Gasteiger partial charge in [-0.25, -0.2) is 0 Å². The summed E-state index contributed by atoms with van der Waals surface area (Å²) >= 11 is 5.99. The van der Waals surface area contributed by atoms with Crippen molar-refractivity contribution in [3.8, 4) is 0 Å². The lowest BCUT2D eigenvalue weighted by Gasteiger charge is -2.12. The van der Waals surface area contributed by atoms with Crippen molar-refractivity contribution in [2.75, 3.05) is 11.9 Å². The van der Waals surface area contributed by atoms with Gasteiger partial charge in [0.1, 0.15) is 0 Å². The summed E-state index contributed by atoms with van der Waals surface area (Å²) in [5.74, 6) is -1.18. The molecule has 0 bridgehead atoms. The number of nitrogens with two attached hydrogens (primary N) is 1. The van der Waals surface area contributed by atoms with Gasteiger partial charge in [0.05, 0.1) is 18.3 Å². The summed E-state index contributed by atoms with van der Waals surface area (Å²) < 4.78 is 0. The van der Waals surface area contributed by atoms with Crippen LogP contribution in [0.15, 0.2) is 48.5 Å². The van der Waals surface area contributed by atoms with Gasteiger partial charge in [-0.3, -0.25) is 14.4 Å². The quantitative estimate of drug-likeness (QED) is 0.686. The molecule has 2 aromatic carbocycles. The fraction of sp³-hybridized carbons (Fsp3) is 0.167. The minimum atomic E-state index is -0.710. The Morgan fingerprint density at radius 1 is 1.12 bits per heavy atom. The molecule has 130 valence electrons. The largest absolute Gasteiger partial charge is 0.346 e. The molecule has 2 rings (SSSR count). The van der Waals surface area contributed by atoms with Crippen LogP contribution < -0.4 is 16.4 Å². The van der Waals surface area contributed by atoms with Crippen LogP contribution in [0.5, 0.6) is 0 Å². The first kappa shape index (κ1) is 18.6. The molecule has 0 radical (unpaired) electrons. The lowest BCUT2D eigenvalue weighted by Crippen LogP contribution is -2.42. The number of carbonyl (C=O) groups is 3. The van der Waals surface area contributed by atoms with Crippen LogP contribution in [0, 0.1) is 0 Å². The van der Waals surface area contributed by atoms with Crippen LogP contribution >= 0.6 is 11.6 Å². The predicted octanol–water partition coefficient (Wildman–Crippen LogP) is 1.97. The highest BCUT2D eigenvalue weighted by Gasteiger charge is 2.16. The molecule has 7 heteroatoms. The average Bonchev–Trinajstić information content (AvgIpc) is 2.61. The van der Waals surface area contributed by atoms with Gasteiger partial charge in [0.25, 0.3) is 0 Å². The van der Waals surface area contributed by atoms with E-state index in [0.717, 1.165) is 0 Å². The average molecular weight is 360 g/mol. The maximum Gasteiger partial charge on any atom is 0.243 e. The summed E-state index contributed by atoms with van der Waals surface area (Å²) in [6.07, 6.45) is 0. The number of halogens is 1. The molecule has 0 saturated heterocycles. The third-order valence-electron chi connectivity index (χ3n) is 3.37. The standard InChI is InChI=1S/C18H18ClN3O3/c1-11(20)18(25)21-10-16(23)22-15-8-7-13(19)9-14(15)17(24)12-5-3-2-4-6-12/h2-9,11H,10,20H2,1H3,(H,21,25)(H,22,23)/t11-/m1/s1. The Balaban J connectivity index is 2.17. The first-order valence-corrected chi connectivity index (χ1v) is 7.98. The molecule has 0 aliphatic heterocycles. The molecule has 0 unspecified atom stereocenters. The summed E-state index contributed by atoms with van der Waals surface area (Å²) in [6, 6.07) is 12.6. The van der Waals surface area contributed by atoms with Crippen molar-refractivity contribution in [1.29, 1.82) is 0 Å². The van der Waals surface area contributed by atoms with Crippen molar-refractivity contribution in [3.05, 3.63) is 64.7 Å². The van der Waals surface area contributed by atoms with Crippen LogP contribution in [0.2, 0.25) is 5.02 Å². The molecule has 0 aliphatic carbocycles. The zero-order valence-electron chi connectivity index (χ0n) is 13.6. The Hall–Kier alpha value is -2.70. The number of amides is 2. The topological polar surface area (TPSA) is 101 Å². The third kappa shape index (κ3) is 5.14. The predicted molar refractivity (Wildman–Crippen MR) is 96.6 cm³/mol. The number of hydrogen-bond acceptors (Lipinski definition) is 4. The minimum absolute atomic E-state index is 0.248. The van der Waals surface area contributed by atoms with Gasteiger partial charge in [-0.1, -0.05) is 41.9 Å². The molecule has 0 spiro atoms. The number of rotatable bonds is 6. The Morgan fingerprint density at radius 2 is 1.80 bits per heavy atom. The first-order chi connectivity index (χ1) is 11.9. The normalized spacial score (nSPS) is 11.5. The number of benzene rings is 2. The molecular formula is C18H18ClN3O3. The molecular weight excluding hydrogens is 342 g/mol. The second kappa shape index (κ2) is 8.41. The van der Waals surface area contributed by atoms with Gasteiger partial charge in [0.2, 0.25) is 11.8 Å². The van der Waals surface area contributed by atoms with Crippen LogP contribution in [0.4, 0.5) is 5.69 Å². The van der Waals surface area contributed by atoms with Crippen LogP contribution in [0.25, 0.3) is 0 Å². The smallest absolute Gasteiger partial charge is 0.243 e. The van der Waals surface area contributed by atoms with Crippen LogP contribution in [0.3, 0.4) is 0 Å². The number of carbonyl (C=O) groups excluding carboxylic acids is 3. The van der Waals surface area contributed by atoms with Crippen molar-refractivity contribution in [3.63, 3.8) is 0 Å². The highest BCUT2D eigenvalue weighted by atomic mass is 35.5. The summed E-state index contributed by atoms with van der Waals surface area (Å²) in [6.45, 7) is 1.27. The van der Waals surface area contributed by atoms with Crippen molar-refractivity contribution < 1.29 is 14.4 Å². The molecule has 6 nitrogen and oxygen atoms in total. The molecule has 2 aromatic rings. The Morgan fingerprint density at radius 3 is 2.44 bits per heavy atom. The van der Waals surface area contributed by atoms with Gasteiger partial charge in [0.15, 0.2) is 5.78 Å². The van der Waals surface area contributed by atoms with E-state index in [1.807, 2.05) is 0 Å². The third-order valence-corrected chi connectivity index (χ3v) is 3.61. The maximum atomic E-state index is 12.7. The fourth-order valence-electron chi connectivity index (χ4n) is 2.08. The summed E-state index contributed by atoms with van der Waals surface area (Å²) in [4.78, 5) is 36.1. The van der Waals surface area contributed by atoms with Gasteiger partial charge in [-0.2, -0.15) is 0 Å². The highest BCUT2D eigenvalue weighted by Crippen LogP contribution is 2.23. The minimum Gasteiger partial charge on any atom is -0.346 e. The van der Waals surface area contributed by atoms with Gasteiger partial charge in [-0.15, -0.1) is 0 Å². The van der Waals surface area contributed by atoms with E-state index in [4.69, 9.17) is 17.3 Å². The second-order valence-electron chi connectivity index (χ2n) is 5.44. The van der Waals surface area contributed by atoms with E-state index in [0.29, 0.717) is 16.3 Å². The molecule has 4 N–H and O–H groups in total. The molecule has 1 atom stereocenters. The first-order valence-electron chi connectivity index (χ1n) is 7.61. The van der Waals surface area contributed by atoms with Crippen LogP contribution in [-0.2, 0) is 9.59 Å². The van der Waals surface area contributed by atoms with Crippen LogP contribution in [0.1, 0.15) is 22.8 Å². The number of ketones is 1. The molecule has 0 heterocycles. The Bertz CT molecular complexity index is 791. The summed E-state index contributed by atoms with van der Waals surface area (Å²) in [5, 5.41) is 5.39. The van der Waals surface area contributed by atoms with E-state index in [2.05, 4.69) is 10.6 Å². The molecule has 0 fully saturated rings. The Kier molecular flexibility index (Phi) is 6.27. The van der Waals surface area contributed by atoms with Gasteiger partial charge in [-0.05, 0) is 25.1 Å². The lowest BCUT2D eigenvalue weighted by molar-refractivity contribution is -0.124. The molecule has 2 amide bonds. The van der Waals surface area contributed by atoms with Gasteiger partial charge >= 0.3 is 0 Å². The Labute approximate surface area is 150 Å². The van der Waals surface area contributed by atoms with Crippen molar-refractivity contribution >= 4 is 34.9 Å². The van der Waals surface area contributed by atoms with Gasteiger partial charge < -0.3 is 16.4 Å². The van der Waals surface area contributed by atoms with Crippen molar-refractivity contribution in [2.45, 2.75) is 13.0 Å². The summed E-state index contributed by atoms with van der Waals surface area (Å²) in [5.41, 5.74) is 6.48. The number of nitrogens with one attached hydrogen (secondary N) is 2. The van der Waals surface area contributed by atoms with E-state index in [1.54, 1.807) is 42.5 Å². The monoisotopic (exact) mass is 359 g/mol. The van der Waals surface area contributed by atoms with Crippen LogP contribution in [-0.4, -0.2) is 30.2 Å². The van der Waals surface area contributed by atoms with Crippen molar-refractivity contribution in [2.24, 2.45) is 5.73 Å². The molecule has 0 aliphatic rings. The van der Waals surface area contributed by atoms with E-state index in [-0.39, 0.29) is 17.9 Å². The van der Waals surface area contributed by atoms with E-state index in [9.17, 15) is 14.4 Å². The molecule has 0 saturated carbocycles. The maximum absolute atomic E-state index is 12.7. The SMILES string of the molecule is C[C@@H](N)C(=O)NCC(=O)Nc1ccc(Cl)cc1C(=O)c1ccccc1. The molecule has 0 aromatic heterocycles.